The quantitative estimate of drug-likeness (QED) is 0.614. The summed E-state index contributed by atoms with van der Waals surface area (Å²) in [5.74, 6) is -0.101. The first kappa shape index (κ1) is 16.9. The lowest BCUT2D eigenvalue weighted by atomic mass is 9.88. The summed E-state index contributed by atoms with van der Waals surface area (Å²) < 4.78 is 13.0. The van der Waals surface area contributed by atoms with Gasteiger partial charge in [-0.2, -0.15) is 0 Å². The second kappa shape index (κ2) is 7.38. The SMILES string of the molecule is O=C(c1ccc(F)cc1)C1CCN(Cc2ccc3ccccc3c2)CC1. The van der Waals surface area contributed by atoms with Crippen molar-refractivity contribution >= 4 is 16.6 Å². The number of piperidine rings is 1. The smallest absolute Gasteiger partial charge is 0.166 e. The second-order valence-electron chi connectivity index (χ2n) is 7.10. The van der Waals surface area contributed by atoms with Crippen LogP contribution in [0.1, 0.15) is 28.8 Å². The van der Waals surface area contributed by atoms with E-state index in [2.05, 4.69) is 47.4 Å². The number of Topliss-reactive ketones (excluding diaryl/α,β-unsaturated/α-hetero) is 1. The Bertz CT molecular complexity index is 911. The number of rotatable bonds is 4. The van der Waals surface area contributed by atoms with E-state index in [9.17, 15) is 9.18 Å². The molecule has 0 N–H and O–H groups in total. The fraction of sp³-hybridized carbons (Fsp3) is 0.261. The molecule has 1 aliphatic heterocycles. The van der Waals surface area contributed by atoms with E-state index in [0.29, 0.717) is 5.56 Å². The number of hydrogen-bond acceptors (Lipinski definition) is 2. The molecule has 132 valence electrons. The molecule has 3 heteroatoms. The van der Waals surface area contributed by atoms with E-state index in [1.54, 1.807) is 12.1 Å². The van der Waals surface area contributed by atoms with Crippen molar-refractivity contribution in [2.24, 2.45) is 5.92 Å². The molecule has 0 atom stereocenters. The fourth-order valence-electron chi connectivity index (χ4n) is 3.80. The molecule has 0 bridgehead atoms. The average molecular weight is 347 g/mol. The van der Waals surface area contributed by atoms with Gasteiger partial charge in [-0.3, -0.25) is 9.69 Å². The van der Waals surface area contributed by atoms with Crippen molar-refractivity contribution in [3.05, 3.63) is 83.7 Å². The zero-order valence-electron chi connectivity index (χ0n) is 14.7. The molecule has 0 saturated carbocycles. The van der Waals surface area contributed by atoms with Crippen LogP contribution < -0.4 is 0 Å². The highest BCUT2D eigenvalue weighted by atomic mass is 19.1. The van der Waals surface area contributed by atoms with E-state index in [-0.39, 0.29) is 17.5 Å². The van der Waals surface area contributed by atoms with Crippen LogP contribution in [0, 0.1) is 11.7 Å². The van der Waals surface area contributed by atoms with Crippen molar-refractivity contribution in [3.63, 3.8) is 0 Å². The Labute approximate surface area is 153 Å². The van der Waals surface area contributed by atoms with Crippen LogP contribution >= 0.6 is 0 Å². The largest absolute Gasteiger partial charge is 0.299 e. The van der Waals surface area contributed by atoms with E-state index in [4.69, 9.17) is 0 Å². The van der Waals surface area contributed by atoms with Gasteiger partial charge in [-0.1, -0.05) is 36.4 Å². The predicted molar refractivity (Wildman–Crippen MR) is 103 cm³/mol. The maximum Gasteiger partial charge on any atom is 0.166 e. The number of hydrogen-bond donors (Lipinski definition) is 0. The summed E-state index contributed by atoms with van der Waals surface area (Å²) in [5.41, 5.74) is 1.94. The second-order valence-corrected chi connectivity index (χ2v) is 7.10. The van der Waals surface area contributed by atoms with Crippen LogP contribution in [0.5, 0.6) is 0 Å². The Morgan fingerprint density at radius 2 is 1.62 bits per heavy atom. The third-order valence-electron chi connectivity index (χ3n) is 5.31. The first-order chi connectivity index (χ1) is 12.7. The lowest BCUT2D eigenvalue weighted by molar-refractivity contribution is 0.0835. The van der Waals surface area contributed by atoms with Crippen LogP contribution in [-0.4, -0.2) is 23.8 Å². The summed E-state index contributed by atoms with van der Waals surface area (Å²) >= 11 is 0. The zero-order chi connectivity index (χ0) is 17.9. The summed E-state index contributed by atoms with van der Waals surface area (Å²) in [6, 6.07) is 20.9. The van der Waals surface area contributed by atoms with E-state index in [1.165, 1.54) is 28.5 Å². The molecule has 0 spiro atoms. The van der Waals surface area contributed by atoms with Gasteiger partial charge in [-0.25, -0.2) is 4.39 Å². The third-order valence-corrected chi connectivity index (χ3v) is 5.31. The van der Waals surface area contributed by atoms with Gasteiger partial charge < -0.3 is 0 Å². The van der Waals surface area contributed by atoms with E-state index in [0.717, 1.165) is 32.5 Å². The molecule has 0 amide bonds. The van der Waals surface area contributed by atoms with Crippen molar-refractivity contribution in [1.29, 1.82) is 0 Å². The first-order valence-corrected chi connectivity index (χ1v) is 9.19. The number of nitrogens with zero attached hydrogens (tertiary/aromatic N) is 1. The van der Waals surface area contributed by atoms with Gasteiger partial charge in [-0.15, -0.1) is 0 Å². The molecule has 0 radical (unpaired) electrons. The van der Waals surface area contributed by atoms with Gasteiger partial charge in [0.1, 0.15) is 5.82 Å². The van der Waals surface area contributed by atoms with Gasteiger partial charge in [0.05, 0.1) is 0 Å². The van der Waals surface area contributed by atoms with Gasteiger partial charge in [-0.05, 0) is 72.6 Å². The Morgan fingerprint density at radius 1 is 0.923 bits per heavy atom. The van der Waals surface area contributed by atoms with Crippen LogP contribution in [-0.2, 0) is 6.54 Å². The number of carbonyl (C=O) groups excluding carboxylic acids is 1. The molecule has 4 rings (SSSR count). The summed E-state index contributed by atoms with van der Waals surface area (Å²) in [5, 5.41) is 2.53. The minimum absolute atomic E-state index is 0.0494. The summed E-state index contributed by atoms with van der Waals surface area (Å²) in [6.07, 6.45) is 1.73. The lowest BCUT2D eigenvalue weighted by Crippen LogP contribution is -2.35. The number of likely N-dealkylation sites (tertiary alicyclic amines) is 1. The van der Waals surface area contributed by atoms with Gasteiger partial charge in [0.2, 0.25) is 0 Å². The fourth-order valence-corrected chi connectivity index (χ4v) is 3.80. The highest BCUT2D eigenvalue weighted by Gasteiger charge is 2.25. The molecule has 26 heavy (non-hydrogen) atoms. The number of carbonyl (C=O) groups is 1. The van der Waals surface area contributed by atoms with Crippen molar-refractivity contribution in [2.45, 2.75) is 19.4 Å². The van der Waals surface area contributed by atoms with E-state index < -0.39 is 0 Å². The van der Waals surface area contributed by atoms with E-state index in [1.807, 2.05) is 0 Å². The molecule has 1 saturated heterocycles. The van der Waals surface area contributed by atoms with Crippen molar-refractivity contribution < 1.29 is 9.18 Å². The Morgan fingerprint density at radius 3 is 2.35 bits per heavy atom. The van der Waals surface area contributed by atoms with Gasteiger partial charge in [0.25, 0.3) is 0 Å². The average Bonchev–Trinajstić information content (AvgIpc) is 2.68. The number of fused-ring (bicyclic) bond motifs is 1. The van der Waals surface area contributed by atoms with Crippen molar-refractivity contribution in [1.82, 2.24) is 4.90 Å². The van der Waals surface area contributed by atoms with Crippen molar-refractivity contribution in [3.8, 4) is 0 Å². The maximum absolute atomic E-state index is 13.0. The highest BCUT2D eigenvalue weighted by molar-refractivity contribution is 5.97. The minimum atomic E-state index is -0.299. The van der Waals surface area contributed by atoms with E-state index >= 15 is 0 Å². The van der Waals surface area contributed by atoms with Crippen LogP contribution in [0.15, 0.2) is 66.7 Å². The Kier molecular flexibility index (Phi) is 4.81. The molecule has 0 unspecified atom stereocenters. The lowest BCUT2D eigenvalue weighted by Gasteiger charge is -2.31. The normalized spacial score (nSPS) is 16.0. The van der Waals surface area contributed by atoms with Gasteiger partial charge in [0, 0.05) is 18.0 Å². The summed E-state index contributed by atoms with van der Waals surface area (Å²) in [4.78, 5) is 15.0. The molecular formula is C23H22FNO. The molecule has 1 heterocycles. The maximum atomic E-state index is 13.0. The van der Waals surface area contributed by atoms with Crippen LogP contribution in [0.3, 0.4) is 0 Å². The Hall–Kier alpha value is -2.52. The highest BCUT2D eigenvalue weighted by Crippen LogP contribution is 2.24. The number of halogens is 1. The van der Waals surface area contributed by atoms with Crippen LogP contribution in [0.2, 0.25) is 0 Å². The van der Waals surface area contributed by atoms with Crippen molar-refractivity contribution in [2.75, 3.05) is 13.1 Å². The van der Waals surface area contributed by atoms with Crippen LogP contribution in [0.4, 0.5) is 4.39 Å². The standard InChI is InChI=1S/C23H22FNO/c24-22-9-7-19(8-10-22)23(26)20-11-13-25(14-12-20)16-17-5-6-18-3-1-2-4-21(18)15-17/h1-10,15,20H,11-14,16H2. The first-order valence-electron chi connectivity index (χ1n) is 9.19. The molecular weight excluding hydrogens is 325 g/mol. The molecule has 2 nitrogen and oxygen atoms in total. The molecule has 0 aromatic heterocycles. The molecule has 3 aromatic carbocycles. The number of benzene rings is 3. The minimum Gasteiger partial charge on any atom is -0.299 e. The van der Waals surface area contributed by atoms with Gasteiger partial charge in [0.15, 0.2) is 5.78 Å². The third kappa shape index (κ3) is 3.68. The predicted octanol–water partition coefficient (Wildman–Crippen LogP) is 5.07. The van der Waals surface area contributed by atoms with Crippen LogP contribution in [0.25, 0.3) is 10.8 Å². The molecule has 1 fully saturated rings. The van der Waals surface area contributed by atoms with Gasteiger partial charge >= 0.3 is 0 Å². The summed E-state index contributed by atoms with van der Waals surface area (Å²) in [6.45, 7) is 2.76. The monoisotopic (exact) mass is 347 g/mol. The summed E-state index contributed by atoms with van der Waals surface area (Å²) in [7, 11) is 0. The topological polar surface area (TPSA) is 20.3 Å². The zero-order valence-corrected chi connectivity index (χ0v) is 14.7. The molecule has 3 aromatic rings. The molecule has 1 aliphatic rings. The Balaban J connectivity index is 1.37. The number of ketones is 1. The molecule has 0 aliphatic carbocycles.